The van der Waals surface area contributed by atoms with E-state index in [4.69, 9.17) is 40.3 Å². The molecule has 0 spiro atoms. The summed E-state index contributed by atoms with van der Waals surface area (Å²) in [6.45, 7) is 14.4. The normalized spacial score (nSPS) is 19.8. The zero-order valence-corrected chi connectivity index (χ0v) is 46.3. The number of halogens is 1. The van der Waals surface area contributed by atoms with E-state index in [1.54, 1.807) is 36.6 Å². The molecule has 1 aliphatic heterocycles. The molecule has 0 radical (unpaired) electrons. The third-order valence-electron chi connectivity index (χ3n) is 15.4. The van der Waals surface area contributed by atoms with E-state index < -0.39 is 6.04 Å². The number of likely N-dealkylation sites (N-methyl/N-ethyl adjacent to an activating group) is 1. The van der Waals surface area contributed by atoms with Crippen molar-refractivity contribution in [3.8, 4) is 28.8 Å². The number of hydrogen-bond acceptors (Lipinski definition) is 13. The summed E-state index contributed by atoms with van der Waals surface area (Å²) in [6, 6.07) is 25.6. The number of rotatable bonds is 25. The largest absolute Gasteiger partial charge is 0.491 e. The summed E-state index contributed by atoms with van der Waals surface area (Å²) in [6.07, 6.45) is 6.78. The van der Waals surface area contributed by atoms with Crippen molar-refractivity contribution in [1.29, 1.82) is 5.26 Å². The van der Waals surface area contributed by atoms with Crippen molar-refractivity contribution in [2.75, 3.05) is 71.7 Å². The highest BCUT2D eigenvalue weighted by atomic mass is 35.5. The number of nitrogens with zero attached hydrogens (tertiary/aromatic N) is 3. The van der Waals surface area contributed by atoms with Crippen LogP contribution in [0.4, 0.5) is 5.69 Å². The summed E-state index contributed by atoms with van der Waals surface area (Å²) in [4.78, 5) is 47.9. The Kier molecular flexibility index (Phi) is 19.3. The van der Waals surface area contributed by atoms with E-state index >= 15 is 0 Å². The predicted molar refractivity (Wildman–Crippen MR) is 298 cm³/mol. The van der Waals surface area contributed by atoms with Crippen molar-refractivity contribution in [3.63, 3.8) is 0 Å². The molecule has 1 saturated heterocycles. The van der Waals surface area contributed by atoms with E-state index in [1.165, 1.54) is 6.42 Å². The van der Waals surface area contributed by atoms with E-state index in [1.807, 2.05) is 54.3 Å². The van der Waals surface area contributed by atoms with Crippen molar-refractivity contribution < 1.29 is 38.1 Å². The molecule has 4 aromatic carbocycles. The van der Waals surface area contributed by atoms with Crippen LogP contribution in [0.25, 0.3) is 22.0 Å². The molecular formula is C59H74ClN7O8S. The fourth-order valence-corrected chi connectivity index (χ4v) is 12.7. The van der Waals surface area contributed by atoms with Gasteiger partial charge in [-0.25, -0.2) is 4.98 Å². The monoisotopic (exact) mass is 1080 g/mol. The molecule has 1 aromatic heterocycles. The number of amides is 3. The second-order valence-electron chi connectivity index (χ2n) is 21.3. The molecule has 2 heterocycles. The lowest BCUT2D eigenvalue weighted by Crippen LogP contribution is -2.74. The Labute approximate surface area is 456 Å². The number of nitriles is 1. The molecule has 15 nitrogen and oxygen atoms in total. The highest BCUT2D eigenvalue weighted by Crippen LogP contribution is 2.56. The Morgan fingerprint density at radius 3 is 2.21 bits per heavy atom. The van der Waals surface area contributed by atoms with E-state index in [-0.39, 0.29) is 58.7 Å². The van der Waals surface area contributed by atoms with E-state index in [2.05, 4.69) is 78.6 Å². The smallest absolute Gasteiger partial charge is 0.251 e. The van der Waals surface area contributed by atoms with Crippen LogP contribution in [0, 0.1) is 28.1 Å². The molecule has 5 aromatic rings. The van der Waals surface area contributed by atoms with Crippen LogP contribution in [-0.2, 0) is 23.8 Å². The molecule has 4 N–H and O–H groups in total. The summed E-state index contributed by atoms with van der Waals surface area (Å²) >= 11 is 7.84. The Balaban J connectivity index is 0.708. The number of ether oxygens (including phenoxy) is 5. The molecule has 3 atom stereocenters. The summed E-state index contributed by atoms with van der Waals surface area (Å²) in [7, 11) is 1.76. The lowest BCUT2D eigenvalue weighted by Gasteiger charge is -2.63. The summed E-state index contributed by atoms with van der Waals surface area (Å²) < 4.78 is 29.9. The van der Waals surface area contributed by atoms with Crippen molar-refractivity contribution >= 4 is 57.1 Å². The molecule has 3 fully saturated rings. The highest BCUT2D eigenvalue weighted by molar-refractivity contribution is 7.10. The fraction of sp³-hybridized carbons (Fsp3) is 0.508. The van der Waals surface area contributed by atoms with Gasteiger partial charge in [0.15, 0.2) is 0 Å². The van der Waals surface area contributed by atoms with Crippen LogP contribution >= 0.6 is 22.9 Å². The van der Waals surface area contributed by atoms with E-state index in [0.29, 0.717) is 81.2 Å². The first-order chi connectivity index (χ1) is 36.7. The quantitative estimate of drug-likeness (QED) is 0.0406. The van der Waals surface area contributed by atoms with Gasteiger partial charge in [-0.15, -0.1) is 11.3 Å². The molecule has 0 unspecified atom stereocenters. The average molecular weight is 1080 g/mol. The van der Waals surface area contributed by atoms with Crippen molar-refractivity contribution in [1.82, 2.24) is 25.8 Å². The lowest BCUT2D eigenvalue weighted by molar-refractivity contribution is -0.164. The van der Waals surface area contributed by atoms with Gasteiger partial charge in [0.25, 0.3) is 5.91 Å². The molecule has 3 aliphatic rings. The number of nitrogens with one attached hydrogen (secondary N) is 4. The van der Waals surface area contributed by atoms with Gasteiger partial charge in [-0.2, -0.15) is 5.26 Å². The topological polar surface area (TPSA) is 185 Å². The molecule has 406 valence electrons. The number of carbonyl (C=O) groups is 3. The summed E-state index contributed by atoms with van der Waals surface area (Å²) in [5.74, 6) is 1.22. The number of thiazole rings is 1. The molecule has 76 heavy (non-hydrogen) atoms. The first-order valence-corrected chi connectivity index (χ1v) is 28.1. The van der Waals surface area contributed by atoms with Gasteiger partial charge in [0.1, 0.15) is 41.3 Å². The maximum Gasteiger partial charge on any atom is 0.251 e. The minimum absolute atomic E-state index is 0.0130. The number of fused-ring (bicyclic) bond motifs is 1. The molecular weight excluding hydrogens is 1000 g/mol. The van der Waals surface area contributed by atoms with Crippen LogP contribution in [0.2, 0.25) is 5.02 Å². The predicted octanol–water partition coefficient (Wildman–Crippen LogP) is 9.98. The number of aromatic nitrogens is 1. The van der Waals surface area contributed by atoms with Gasteiger partial charge in [-0.3, -0.25) is 14.4 Å². The second kappa shape index (κ2) is 26.0. The maximum absolute atomic E-state index is 14.3. The van der Waals surface area contributed by atoms with Gasteiger partial charge >= 0.3 is 0 Å². The number of anilines is 1. The zero-order chi connectivity index (χ0) is 53.8. The van der Waals surface area contributed by atoms with Gasteiger partial charge in [0, 0.05) is 63.6 Å². The number of hydrogen-bond donors (Lipinski definition) is 4. The Morgan fingerprint density at radius 2 is 1.53 bits per heavy atom. The highest BCUT2D eigenvalue weighted by Gasteiger charge is 2.64. The summed E-state index contributed by atoms with van der Waals surface area (Å²) in [5.41, 5.74) is 3.00. The molecule has 3 amide bonds. The van der Waals surface area contributed by atoms with Crippen LogP contribution in [0.1, 0.15) is 107 Å². The van der Waals surface area contributed by atoms with E-state index in [0.717, 1.165) is 77.0 Å². The van der Waals surface area contributed by atoms with Crippen LogP contribution in [0.15, 0.2) is 84.2 Å². The molecule has 8 rings (SSSR count). The Bertz CT molecular complexity index is 2800. The second-order valence-corrected chi connectivity index (χ2v) is 22.6. The van der Waals surface area contributed by atoms with Crippen LogP contribution in [-0.4, -0.2) is 118 Å². The molecule has 2 aliphatic carbocycles. The minimum atomic E-state index is -0.531. The minimum Gasteiger partial charge on any atom is -0.491 e. The van der Waals surface area contributed by atoms with Gasteiger partial charge in [-0.1, -0.05) is 82.8 Å². The number of carbonyl (C=O) groups excluding carboxylic acids is 3. The van der Waals surface area contributed by atoms with Crippen molar-refractivity contribution in [2.24, 2.45) is 16.7 Å². The van der Waals surface area contributed by atoms with Gasteiger partial charge < -0.3 is 49.9 Å². The average Bonchev–Trinajstić information content (AvgIpc) is 4.13. The lowest BCUT2D eigenvalue weighted by atomic mass is 9.49. The van der Waals surface area contributed by atoms with Crippen molar-refractivity contribution in [2.45, 2.75) is 110 Å². The third kappa shape index (κ3) is 13.3. The molecule has 0 bridgehead atoms. The fourth-order valence-electron chi connectivity index (χ4n) is 11.5. The summed E-state index contributed by atoms with van der Waals surface area (Å²) in [5, 5.41) is 27.3. The first-order valence-electron chi connectivity index (χ1n) is 26.8. The number of benzene rings is 4. The van der Waals surface area contributed by atoms with Crippen LogP contribution in [0.5, 0.6) is 11.5 Å². The third-order valence-corrected chi connectivity index (χ3v) is 16.7. The molecule has 17 heteroatoms. The Morgan fingerprint density at radius 1 is 0.842 bits per heavy atom. The van der Waals surface area contributed by atoms with Crippen LogP contribution in [0.3, 0.4) is 0 Å². The number of likely N-dealkylation sites (tertiary alicyclic amines) is 1. The maximum atomic E-state index is 14.3. The standard InChI is InChI=1S/C59H74ClN7O8S/c1-38(62-6)52(68)65-51(39-13-8-7-9-14-39)55(70)67-27-12-17-49(67)54-64-48(37-76-54)45-24-25-50(46-16-11-10-15-44(45)46)74-34-33-73-32-31-72-30-29-71-28-26-63-42-21-18-40(19-22-42)53(69)66-56-58(2,3)57(59(56,4)5)75-43-23-20-41(36-61)47(60)35-43/h10-11,15-16,18-25,35,37-39,49,51,56-57,62-63H,7-9,12-14,17,26-34H2,1-6H3,(H,65,68)(H,66,69)/t38-,49-,51-,56-,57-/m0/s1. The zero-order valence-electron chi connectivity index (χ0n) is 44.8. The first kappa shape index (κ1) is 56.4. The SMILES string of the molecule is CN[C@@H](C)C(=O)N[C@H](C(=O)N1CCC[C@H]1c1nc(-c2ccc(OCCOCCOCCOCCNc3ccc(C(=O)N[C@H]4C(C)(C)[C@H](Oc5ccc(C#N)c(Cl)c5)C4(C)C)cc3)c3ccccc23)cs1)C1CCCCC1. The molecule has 2 saturated carbocycles. The van der Waals surface area contributed by atoms with Gasteiger partial charge in [-0.05, 0) is 99.5 Å². The van der Waals surface area contributed by atoms with Gasteiger partial charge in [0.05, 0.1) is 68.0 Å². The van der Waals surface area contributed by atoms with Crippen molar-refractivity contribution in [3.05, 3.63) is 105 Å². The Hall–Kier alpha value is -5.80. The van der Waals surface area contributed by atoms with Crippen LogP contribution < -0.4 is 30.7 Å². The van der Waals surface area contributed by atoms with Gasteiger partial charge in [0.2, 0.25) is 11.8 Å². The van der Waals surface area contributed by atoms with E-state index in [9.17, 15) is 19.6 Å².